The van der Waals surface area contributed by atoms with E-state index in [4.69, 9.17) is 0 Å². The van der Waals surface area contributed by atoms with Crippen LogP contribution in [0, 0.1) is 30.2 Å². The van der Waals surface area contributed by atoms with Crippen LogP contribution in [-0.2, 0) is 0 Å². The SMILES string of the molecule is Cc1c(-c2ccc(C3CCCCCC3)cc2F)cc(F)c(F)c1F. The van der Waals surface area contributed by atoms with Crippen molar-refractivity contribution in [1.29, 1.82) is 0 Å². The molecule has 0 amide bonds. The maximum atomic E-state index is 14.6. The maximum absolute atomic E-state index is 14.6. The van der Waals surface area contributed by atoms with Gasteiger partial charge in [-0.25, -0.2) is 17.6 Å². The molecule has 1 aliphatic rings. The zero-order chi connectivity index (χ0) is 17.3. The topological polar surface area (TPSA) is 0 Å². The average Bonchev–Trinajstić information content (AvgIpc) is 2.86. The lowest BCUT2D eigenvalue weighted by molar-refractivity contribution is 0.444. The third-order valence-electron chi connectivity index (χ3n) is 5.02. The van der Waals surface area contributed by atoms with Gasteiger partial charge in [0.2, 0.25) is 0 Å². The van der Waals surface area contributed by atoms with Gasteiger partial charge in [0.1, 0.15) is 5.82 Å². The minimum atomic E-state index is -1.52. The first-order valence-corrected chi connectivity index (χ1v) is 8.43. The number of halogens is 4. The van der Waals surface area contributed by atoms with Crippen molar-refractivity contribution < 1.29 is 17.6 Å². The summed E-state index contributed by atoms with van der Waals surface area (Å²) in [6.45, 7) is 1.33. The standard InChI is InChI=1S/C20H20F4/c1-12-16(11-18(22)20(24)19(12)23)15-9-8-14(10-17(15)21)13-6-4-2-3-5-7-13/h8-11,13H,2-7H2,1H3. The van der Waals surface area contributed by atoms with E-state index >= 15 is 0 Å². The molecule has 0 spiro atoms. The van der Waals surface area contributed by atoms with Gasteiger partial charge in [-0.1, -0.05) is 37.8 Å². The molecule has 1 fully saturated rings. The van der Waals surface area contributed by atoms with Crippen molar-refractivity contribution in [3.63, 3.8) is 0 Å². The highest BCUT2D eigenvalue weighted by molar-refractivity contribution is 5.68. The van der Waals surface area contributed by atoms with Gasteiger partial charge in [0.05, 0.1) is 0 Å². The molecule has 0 aliphatic heterocycles. The first-order valence-electron chi connectivity index (χ1n) is 8.43. The Bertz CT molecular complexity index is 744. The molecule has 2 aromatic carbocycles. The van der Waals surface area contributed by atoms with E-state index in [9.17, 15) is 17.6 Å². The molecular formula is C20H20F4. The molecule has 128 valence electrons. The highest BCUT2D eigenvalue weighted by atomic mass is 19.2. The van der Waals surface area contributed by atoms with Crippen molar-refractivity contribution in [1.82, 2.24) is 0 Å². The molecule has 0 saturated heterocycles. The van der Waals surface area contributed by atoms with E-state index in [0.29, 0.717) is 5.92 Å². The average molecular weight is 336 g/mol. The van der Waals surface area contributed by atoms with Crippen LogP contribution in [0.5, 0.6) is 0 Å². The van der Waals surface area contributed by atoms with E-state index in [1.807, 2.05) is 6.07 Å². The minimum absolute atomic E-state index is 0.0521. The van der Waals surface area contributed by atoms with Crippen LogP contribution >= 0.6 is 0 Å². The predicted octanol–water partition coefficient (Wildman–Crippen LogP) is 6.66. The summed E-state index contributed by atoms with van der Waals surface area (Å²) in [6.07, 6.45) is 6.78. The fourth-order valence-corrected chi connectivity index (χ4v) is 3.58. The summed E-state index contributed by atoms with van der Waals surface area (Å²) in [5, 5.41) is 0. The molecule has 1 saturated carbocycles. The summed E-state index contributed by atoms with van der Waals surface area (Å²) in [7, 11) is 0. The van der Waals surface area contributed by atoms with E-state index in [1.54, 1.807) is 6.07 Å². The summed E-state index contributed by atoms with van der Waals surface area (Å²) in [4.78, 5) is 0. The monoisotopic (exact) mass is 336 g/mol. The van der Waals surface area contributed by atoms with E-state index < -0.39 is 23.3 Å². The second-order valence-electron chi connectivity index (χ2n) is 6.59. The molecule has 1 aliphatic carbocycles. The third kappa shape index (κ3) is 3.19. The van der Waals surface area contributed by atoms with Gasteiger partial charge in [-0.2, -0.15) is 0 Å². The van der Waals surface area contributed by atoms with Crippen LogP contribution in [0.2, 0.25) is 0 Å². The van der Waals surface area contributed by atoms with Gasteiger partial charge in [-0.3, -0.25) is 0 Å². The Hall–Kier alpha value is -1.84. The maximum Gasteiger partial charge on any atom is 0.194 e. The van der Waals surface area contributed by atoms with Gasteiger partial charge >= 0.3 is 0 Å². The van der Waals surface area contributed by atoms with Gasteiger partial charge < -0.3 is 0 Å². The van der Waals surface area contributed by atoms with E-state index in [-0.39, 0.29) is 16.7 Å². The predicted molar refractivity (Wildman–Crippen MR) is 86.9 cm³/mol. The van der Waals surface area contributed by atoms with Gasteiger partial charge in [-0.15, -0.1) is 0 Å². The second kappa shape index (κ2) is 6.96. The quantitative estimate of drug-likeness (QED) is 0.327. The fraction of sp³-hybridized carbons (Fsp3) is 0.400. The Labute approximate surface area is 139 Å². The van der Waals surface area contributed by atoms with E-state index in [0.717, 1.165) is 37.3 Å². The van der Waals surface area contributed by atoms with Crippen molar-refractivity contribution in [2.24, 2.45) is 0 Å². The number of hydrogen-bond donors (Lipinski definition) is 0. The van der Waals surface area contributed by atoms with Crippen molar-refractivity contribution in [3.8, 4) is 11.1 Å². The lowest BCUT2D eigenvalue weighted by Gasteiger charge is -2.16. The van der Waals surface area contributed by atoms with E-state index in [2.05, 4.69) is 0 Å². The molecule has 0 N–H and O–H groups in total. The van der Waals surface area contributed by atoms with Crippen LogP contribution in [0.4, 0.5) is 17.6 Å². The van der Waals surface area contributed by atoms with Gasteiger partial charge in [-0.05, 0) is 54.5 Å². The molecule has 0 unspecified atom stereocenters. The summed E-state index contributed by atoms with van der Waals surface area (Å²) >= 11 is 0. The van der Waals surface area contributed by atoms with Gasteiger partial charge in [0.25, 0.3) is 0 Å². The fourth-order valence-electron chi connectivity index (χ4n) is 3.58. The van der Waals surface area contributed by atoms with Gasteiger partial charge in [0, 0.05) is 5.56 Å². The summed E-state index contributed by atoms with van der Waals surface area (Å²) < 4.78 is 55.1. The lowest BCUT2D eigenvalue weighted by atomic mass is 9.89. The Morgan fingerprint density at radius 3 is 2.04 bits per heavy atom. The number of rotatable bonds is 2. The van der Waals surface area contributed by atoms with Gasteiger partial charge in [0.15, 0.2) is 17.5 Å². The zero-order valence-corrected chi connectivity index (χ0v) is 13.6. The van der Waals surface area contributed by atoms with Crippen LogP contribution in [0.25, 0.3) is 11.1 Å². The highest BCUT2D eigenvalue weighted by Crippen LogP contribution is 2.35. The summed E-state index contributed by atoms with van der Waals surface area (Å²) in [5.74, 6) is -4.28. The first kappa shape index (κ1) is 17.0. The van der Waals surface area contributed by atoms with E-state index in [1.165, 1.54) is 25.8 Å². The molecular weight excluding hydrogens is 316 g/mol. The molecule has 24 heavy (non-hydrogen) atoms. The van der Waals surface area contributed by atoms with Crippen molar-refractivity contribution in [3.05, 3.63) is 58.7 Å². The first-order chi connectivity index (χ1) is 11.5. The lowest BCUT2D eigenvalue weighted by Crippen LogP contribution is -2.01. The van der Waals surface area contributed by atoms with Crippen LogP contribution in [0.15, 0.2) is 24.3 Å². The Kier molecular flexibility index (Phi) is 4.93. The molecule has 0 aromatic heterocycles. The number of benzene rings is 2. The van der Waals surface area contributed by atoms with Crippen molar-refractivity contribution >= 4 is 0 Å². The molecule has 0 atom stereocenters. The Morgan fingerprint density at radius 1 is 0.750 bits per heavy atom. The van der Waals surface area contributed by atoms with Crippen molar-refractivity contribution in [2.45, 2.75) is 51.4 Å². The van der Waals surface area contributed by atoms with Crippen LogP contribution < -0.4 is 0 Å². The molecule has 4 heteroatoms. The summed E-state index contributed by atoms with van der Waals surface area (Å²) in [5.41, 5.74) is 0.993. The Balaban J connectivity index is 1.99. The molecule has 2 aromatic rings. The van der Waals surface area contributed by atoms with Crippen LogP contribution in [-0.4, -0.2) is 0 Å². The molecule has 0 heterocycles. The van der Waals surface area contributed by atoms with Crippen LogP contribution in [0.3, 0.4) is 0 Å². The number of hydrogen-bond acceptors (Lipinski definition) is 0. The Morgan fingerprint density at radius 2 is 1.42 bits per heavy atom. The normalized spacial score (nSPS) is 16.2. The highest BCUT2D eigenvalue weighted by Gasteiger charge is 2.20. The smallest absolute Gasteiger partial charge is 0.194 e. The molecule has 0 radical (unpaired) electrons. The third-order valence-corrected chi connectivity index (χ3v) is 5.02. The van der Waals surface area contributed by atoms with Crippen molar-refractivity contribution in [2.75, 3.05) is 0 Å². The molecule has 0 nitrogen and oxygen atoms in total. The molecule has 3 rings (SSSR count). The largest absolute Gasteiger partial charge is 0.206 e. The second-order valence-corrected chi connectivity index (χ2v) is 6.59. The minimum Gasteiger partial charge on any atom is -0.206 e. The molecule has 0 bridgehead atoms. The van der Waals surface area contributed by atoms with Crippen LogP contribution in [0.1, 0.15) is 55.6 Å². The summed E-state index contributed by atoms with van der Waals surface area (Å²) in [6, 6.07) is 5.70. The zero-order valence-electron chi connectivity index (χ0n) is 13.6.